The predicted molar refractivity (Wildman–Crippen MR) is 59.0 cm³/mol. The Kier molecular flexibility index (Phi) is 5.07. The van der Waals surface area contributed by atoms with Gasteiger partial charge in [0.1, 0.15) is 11.9 Å². The molecule has 0 radical (unpaired) electrons. The average Bonchev–Trinajstić information content (AvgIpc) is 2.35. The molecule has 0 aliphatic heterocycles. The molecule has 0 aliphatic carbocycles. The highest BCUT2D eigenvalue weighted by Gasteiger charge is 2.35. The van der Waals surface area contributed by atoms with Crippen LogP contribution in [0.3, 0.4) is 0 Å². The molecule has 0 amide bonds. The molecule has 20 heavy (non-hydrogen) atoms. The highest BCUT2D eigenvalue weighted by Crippen LogP contribution is 2.32. The zero-order valence-electron chi connectivity index (χ0n) is 10.3. The third kappa shape index (κ3) is 3.67. The summed E-state index contributed by atoms with van der Waals surface area (Å²) >= 11 is 0. The minimum absolute atomic E-state index is 0.0516. The summed E-state index contributed by atoms with van der Waals surface area (Å²) in [6.07, 6.45) is -8.76. The zero-order valence-corrected chi connectivity index (χ0v) is 10.3. The summed E-state index contributed by atoms with van der Waals surface area (Å²) in [6.45, 7) is 1.42. The first-order chi connectivity index (χ1) is 9.18. The molecule has 1 rings (SSSR count). The third-order valence-electron chi connectivity index (χ3n) is 2.47. The fourth-order valence-corrected chi connectivity index (χ4v) is 1.48. The maximum absolute atomic E-state index is 13.3. The van der Waals surface area contributed by atoms with E-state index in [2.05, 4.69) is 4.74 Å². The molecule has 112 valence electrons. The molecule has 2 atom stereocenters. The van der Waals surface area contributed by atoms with Gasteiger partial charge in [-0.05, 0) is 24.6 Å². The molecule has 0 bridgehead atoms. The monoisotopic (exact) mass is 296 g/mol. The largest absolute Gasteiger partial charge is 0.464 e. The summed E-state index contributed by atoms with van der Waals surface area (Å²) in [4.78, 5) is 11.2. The van der Waals surface area contributed by atoms with E-state index in [0.29, 0.717) is 12.1 Å². The van der Waals surface area contributed by atoms with Crippen molar-refractivity contribution in [1.29, 1.82) is 0 Å². The van der Waals surface area contributed by atoms with Crippen LogP contribution in [0.5, 0.6) is 0 Å². The van der Waals surface area contributed by atoms with E-state index >= 15 is 0 Å². The Hall–Kier alpha value is -1.67. The van der Waals surface area contributed by atoms with E-state index in [1.54, 1.807) is 0 Å². The molecule has 1 aromatic rings. The fourth-order valence-electron chi connectivity index (χ4n) is 1.48. The van der Waals surface area contributed by atoms with Crippen LogP contribution in [0.15, 0.2) is 18.2 Å². The lowest BCUT2D eigenvalue weighted by atomic mass is 10.0. The van der Waals surface area contributed by atoms with Crippen molar-refractivity contribution in [3.8, 4) is 0 Å². The van der Waals surface area contributed by atoms with Gasteiger partial charge in [-0.1, -0.05) is 6.07 Å². The maximum Gasteiger partial charge on any atom is 0.419 e. The van der Waals surface area contributed by atoms with Crippen molar-refractivity contribution in [2.45, 2.75) is 25.3 Å². The molecule has 0 aliphatic rings. The van der Waals surface area contributed by atoms with Crippen LogP contribution in [-0.4, -0.2) is 28.9 Å². The molecular weight excluding hydrogens is 284 g/mol. The van der Waals surface area contributed by atoms with E-state index in [0.717, 1.165) is 6.07 Å². The van der Waals surface area contributed by atoms with Crippen molar-refractivity contribution in [3.05, 3.63) is 35.1 Å². The summed E-state index contributed by atoms with van der Waals surface area (Å²) in [7, 11) is 0. The highest BCUT2D eigenvalue weighted by molar-refractivity contribution is 5.75. The van der Waals surface area contributed by atoms with Crippen LogP contribution in [0.25, 0.3) is 0 Å². The Labute approximate surface area is 111 Å². The first-order valence-corrected chi connectivity index (χ1v) is 5.58. The first-order valence-electron chi connectivity index (χ1n) is 5.58. The van der Waals surface area contributed by atoms with Crippen LogP contribution in [-0.2, 0) is 15.7 Å². The fraction of sp³-hybridized carbons (Fsp3) is 0.417. The van der Waals surface area contributed by atoms with Crippen LogP contribution in [0.1, 0.15) is 24.2 Å². The van der Waals surface area contributed by atoms with Crippen LogP contribution in [0.2, 0.25) is 0 Å². The number of aliphatic hydroxyl groups is 2. The summed E-state index contributed by atoms with van der Waals surface area (Å²) in [5.74, 6) is -2.76. The van der Waals surface area contributed by atoms with Crippen molar-refractivity contribution in [2.24, 2.45) is 0 Å². The second kappa shape index (κ2) is 6.19. The Bertz CT molecular complexity index is 487. The van der Waals surface area contributed by atoms with Crippen LogP contribution >= 0.6 is 0 Å². The maximum atomic E-state index is 13.3. The van der Waals surface area contributed by atoms with Gasteiger partial charge in [0, 0.05) is 0 Å². The molecule has 0 saturated heterocycles. The lowest BCUT2D eigenvalue weighted by Gasteiger charge is -2.17. The van der Waals surface area contributed by atoms with Crippen LogP contribution in [0.4, 0.5) is 17.6 Å². The number of carbonyl (C=O) groups is 1. The van der Waals surface area contributed by atoms with E-state index in [9.17, 15) is 32.6 Å². The molecule has 2 N–H and O–H groups in total. The predicted octanol–water partition coefficient (Wildman–Crippen LogP) is 1.80. The van der Waals surface area contributed by atoms with Gasteiger partial charge in [0.05, 0.1) is 12.2 Å². The zero-order chi connectivity index (χ0) is 15.5. The molecular formula is C12H12F4O4. The van der Waals surface area contributed by atoms with Crippen LogP contribution in [0, 0.1) is 5.82 Å². The molecule has 0 aromatic heterocycles. The van der Waals surface area contributed by atoms with Crippen LogP contribution < -0.4 is 0 Å². The van der Waals surface area contributed by atoms with E-state index in [-0.39, 0.29) is 12.2 Å². The molecule has 8 heteroatoms. The third-order valence-corrected chi connectivity index (χ3v) is 2.47. The highest BCUT2D eigenvalue weighted by atomic mass is 19.4. The van der Waals surface area contributed by atoms with Crippen molar-refractivity contribution in [3.63, 3.8) is 0 Å². The van der Waals surface area contributed by atoms with Gasteiger partial charge in [0.15, 0.2) is 6.10 Å². The minimum Gasteiger partial charge on any atom is -0.464 e. The van der Waals surface area contributed by atoms with Gasteiger partial charge in [-0.3, -0.25) is 0 Å². The number of rotatable bonds is 4. The Morgan fingerprint density at radius 3 is 2.40 bits per heavy atom. The molecule has 0 heterocycles. The van der Waals surface area contributed by atoms with Gasteiger partial charge in [-0.15, -0.1) is 0 Å². The summed E-state index contributed by atoms with van der Waals surface area (Å²) in [6, 6.07) is 1.61. The lowest BCUT2D eigenvalue weighted by molar-refractivity contribution is -0.159. The van der Waals surface area contributed by atoms with Crippen molar-refractivity contribution >= 4 is 5.97 Å². The van der Waals surface area contributed by atoms with Gasteiger partial charge in [-0.25, -0.2) is 9.18 Å². The van der Waals surface area contributed by atoms with Crippen molar-refractivity contribution in [1.82, 2.24) is 0 Å². The molecule has 1 aromatic carbocycles. The van der Waals surface area contributed by atoms with Gasteiger partial charge >= 0.3 is 12.1 Å². The lowest BCUT2D eigenvalue weighted by Crippen LogP contribution is -2.30. The average molecular weight is 296 g/mol. The molecule has 0 spiro atoms. The Morgan fingerprint density at radius 1 is 1.35 bits per heavy atom. The topological polar surface area (TPSA) is 66.8 Å². The van der Waals surface area contributed by atoms with E-state index in [1.807, 2.05) is 0 Å². The molecule has 0 saturated carbocycles. The number of carbonyl (C=O) groups excluding carboxylic acids is 1. The Morgan fingerprint density at radius 2 is 1.95 bits per heavy atom. The standard InChI is InChI=1S/C12H12F4O4/c1-2-20-11(19)10(18)9(17)6-3-4-7(8(13)5-6)12(14,15)16/h3-5,9-10,17-18H,2H2,1H3. The van der Waals surface area contributed by atoms with Crippen molar-refractivity contribution in [2.75, 3.05) is 6.61 Å². The quantitative estimate of drug-likeness (QED) is 0.657. The first kappa shape index (κ1) is 16.4. The Balaban J connectivity index is 2.98. The van der Waals surface area contributed by atoms with E-state index < -0.39 is 35.7 Å². The molecule has 0 fully saturated rings. The number of halogens is 4. The number of hydrogen-bond acceptors (Lipinski definition) is 4. The number of benzene rings is 1. The molecule has 2 unspecified atom stereocenters. The second-order valence-electron chi connectivity index (χ2n) is 3.88. The van der Waals surface area contributed by atoms with Gasteiger partial charge in [-0.2, -0.15) is 13.2 Å². The number of hydrogen-bond donors (Lipinski definition) is 2. The summed E-state index contributed by atoms with van der Waals surface area (Å²) < 4.78 is 54.7. The van der Waals surface area contributed by atoms with Gasteiger partial charge in [0.2, 0.25) is 0 Å². The van der Waals surface area contributed by atoms with Gasteiger partial charge < -0.3 is 14.9 Å². The van der Waals surface area contributed by atoms with Crippen molar-refractivity contribution < 1.29 is 37.3 Å². The molecule has 4 nitrogen and oxygen atoms in total. The van der Waals surface area contributed by atoms with E-state index in [1.165, 1.54) is 6.92 Å². The summed E-state index contributed by atoms with van der Waals surface area (Å²) in [5.41, 5.74) is -1.87. The second-order valence-corrected chi connectivity index (χ2v) is 3.88. The number of ether oxygens (including phenoxy) is 1. The SMILES string of the molecule is CCOC(=O)C(O)C(O)c1ccc(C(F)(F)F)c(F)c1. The summed E-state index contributed by atoms with van der Waals surface area (Å²) in [5, 5.41) is 19.0. The number of alkyl halides is 3. The van der Waals surface area contributed by atoms with E-state index in [4.69, 9.17) is 0 Å². The number of esters is 1. The minimum atomic E-state index is -4.87. The smallest absolute Gasteiger partial charge is 0.419 e. The number of aliphatic hydroxyl groups excluding tert-OH is 2. The van der Waals surface area contributed by atoms with Gasteiger partial charge in [0.25, 0.3) is 0 Å². The normalized spacial score (nSPS) is 14.8.